The number of carboxylic acids is 1. The number of benzene rings is 1. The molecule has 1 saturated heterocycles. The van der Waals surface area contributed by atoms with Gasteiger partial charge in [-0.1, -0.05) is 15.9 Å². The average Bonchev–Trinajstić information content (AvgIpc) is 2.92. The maximum Gasteiger partial charge on any atom is 0.335 e. The van der Waals surface area contributed by atoms with Gasteiger partial charge in [0.2, 0.25) is 0 Å². The zero-order valence-corrected chi connectivity index (χ0v) is 14.2. The van der Waals surface area contributed by atoms with Crippen molar-refractivity contribution in [1.82, 2.24) is 4.90 Å². The van der Waals surface area contributed by atoms with Gasteiger partial charge in [0.1, 0.15) is 0 Å². The molecule has 0 aliphatic carbocycles. The Morgan fingerprint density at radius 1 is 1.33 bits per heavy atom. The van der Waals surface area contributed by atoms with Gasteiger partial charge in [-0.05, 0) is 50.6 Å². The number of rotatable bonds is 5. The highest BCUT2D eigenvalue weighted by molar-refractivity contribution is 9.10. The monoisotopic (exact) mass is 375 g/mol. The minimum atomic E-state index is -3.49. The van der Waals surface area contributed by atoms with Crippen molar-refractivity contribution in [2.24, 2.45) is 0 Å². The van der Waals surface area contributed by atoms with Gasteiger partial charge in [-0.15, -0.1) is 0 Å². The fourth-order valence-corrected chi connectivity index (χ4v) is 4.66. The van der Waals surface area contributed by atoms with Gasteiger partial charge in [-0.2, -0.15) is 0 Å². The Morgan fingerprint density at radius 2 is 1.95 bits per heavy atom. The number of nitrogens with zero attached hydrogens (tertiary/aromatic N) is 1. The molecule has 7 heteroatoms. The van der Waals surface area contributed by atoms with E-state index >= 15 is 0 Å². The molecule has 0 saturated carbocycles. The molecule has 1 heterocycles. The van der Waals surface area contributed by atoms with E-state index in [4.69, 9.17) is 5.11 Å². The van der Waals surface area contributed by atoms with E-state index in [1.807, 2.05) is 0 Å². The molecule has 1 aromatic rings. The fourth-order valence-electron chi connectivity index (χ4n) is 2.47. The van der Waals surface area contributed by atoms with Gasteiger partial charge < -0.3 is 10.0 Å². The van der Waals surface area contributed by atoms with Gasteiger partial charge in [-0.25, -0.2) is 13.2 Å². The Bertz CT molecular complexity index is 651. The van der Waals surface area contributed by atoms with E-state index in [1.165, 1.54) is 12.1 Å². The van der Waals surface area contributed by atoms with Gasteiger partial charge >= 0.3 is 5.97 Å². The van der Waals surface area contributed by atoms with Crippen molar-refractivity contribution in [1.29, 1.82) is 0 Å². The molecule has 2 rings (SSSR count). The van der Waals surface area contributed by atoms with Crippen molar-refractivity contribution >= 4 is 31.7 Å². The minimum absolute atomic E-state index is 0.0172. The second-order valence-electron chi connectivity index (χ2n) is 5.25. The van der Waals surface area contributed by atoms with Crippen LogP contribution in [-0.2, 0) is 9.84 Å². The summed E-state index contributed by atoms with van der Waals surface area (Å²) in [7, 11) is -3.49. The number of carbonyl (C=O) groups is 1. The minimum Gasteiger partial charge on any atom is -0.478 e. The smallest absolute Gasteiger partial charge is 0.335 e. The summed E-state index contributed by atoms with van der Waals surface area (Å²) in [6.45, 7) is 4.05. The first-order valence-electron chi connectivity index (χ1n) is 6.80. The van der Waals surface area contributed by atoms with E-state index in [1.54, 1.807) is 6.92 Å². The van der Waals surface area contributed by atoms with Crippen molar-refractivity contribution in [2.45, 2.75) is 24.7 Å². The van der Waals surface area contributed by atoms with E-state index in [9.17, 15) is 13.2 Å². The summed E-state index contributed by atoms with van der Waals surface area (Å²) in [5, 5.41) is 9.07. The summed E-state index contributed by atoms with van der Waals surface area (Å²) in [6.07, 6.45) is 2.22. The van der Waals surface area contributed by atoms with Gasteiger partial charge in [-0.3, -0.25) is 0 Å². The summed E-state index contributed by atoms with van der Waals surface area (Å²) in [5.41, 5.74) is 0.536. The molecule has 0 unspecified atom stereocenters. The van der Waals surface area contributed by atoms with Crippen LogP contribution < -0.4 is 0 Å². The van der Waals surface area contributed by atoms with Crippen LogP contribution in [0, 0.1) is 6.92 Å². The zero-order chi connectivity index (χ0) is 15.6. The van der Waals surface area contributed by atoms with E-state index in [-0.39, 0.29) is 16.2 Å². The van der Waals surface area contributed by atoms with Crippen molar-refractivity contribution in [3.05, 3.63) is 27.7 Å². The third-order valence-corrected chi connectivity index (χ3v) is 6.39. The van der Waals surface area contributed by atoms with Crippen LogP contribution in [0.4, 0.5) is 0 Å². The average molecular weight is 376 g/mol. The second-order valence-corrected chi connectivity index (χ2v) is 8.19. The van der Waals surface area contributed by atoms with Crippen molar-refractivity contribution in [3.8, 4) is 0 Å². The largest absolute Gasteiger partial charge is 0.478 e. The highest BCUT2D eigenvalue weighted by atomic mass is 79.9. The lowest BCUT2D eigenvalue weighted by Crippen LogP contribution is -2.27. The summed E-state index contributed by atoms with van der Waals surface area (Å²) < 4.78 is 25.5. The Balaban J connectivity index is 2.27. The third kappa shape index (κ3) is 3.84. The molecule has 0 aromatic heterocycles. The van der Waals surface area contributed by atoms with Gasteiger partial charge in [0.05, 0.1) is 16.2 Å². The van der Waals surface area contributed by atoms with Gasteiger partial charge in [0, 0.05) is 11.0 Å². The first kappa shape index (κ1) is 16.5. The maximum absolute atomic E-state index is 12.5. The maximum atomic E-state index is 12.5. The normalized spacial score (nSPS) is 16.3. The lowest BCUT2D eigenvalue weighted by Gasteiger charge is -2.16. The van der Waals surface area contributed by atoms with Gasteiger partial charge in [0.25, 0.3) is 0 Å². The molecule has 0 radical (unpaired) electrons. The molecule has 1 aromatic carbocycles. The van der Waals surface area contributed by atoms with Crippen LogP contribution in [0.1, 0.15) is 28.8 Å². The number of hydrogen-bond acceptors (Lipinski definition) is 4. The number of likely N-dealkylation sites (tertiary alicyclic amines) is 1. The fraction of sp³-hybridized carbons (Fsp3) is 0.500. The Morgan fingerprint density at radius 3 is 2.52 bits per heavy atom. The Labute approximate surface area is 133 Å². The molecule has 116 valence electrons. The van der Waals surface area contributed by atoms with Crippen LogP contribution in [0.15, 0.2) is 21.5 Å². The van der Waals surface area contributed by atoms with Crippen LogP contribution in [0.25, 0.3) is 0 Å². The number of aromatic carboxylic acids is 1. The van der Waals surface area contributed by atoms with Crippen LogP contribution in [0.2, 0.25) is 0 Å². The van der Waals surface area contributed by atoms with E-state index < -0.39 is 15.8 Å². The first-order chi connectivity index (χ1) is 9.81. The molecule has 1 N–H and O–H groups in total. The Kier molecular flexibility index (Phi) is 5.06. The molecule has 0 amide bonds. The number of carboxylic acid groups (broad SMARTS) is 1. The SMILES string of the molecule is Cc1c(Br)cc(C(=O)O)cc1S(=O)(=O)CCN1CCCC1. The molecule has 5 nitrogen and oxygen atoms in total. The predicted molar refractivity (Wildman–Crippen MR) is 83.6 cm³/mol. The summed E-state index contributed by atoms with van der Waals surface area (Å²) in [6, 6.07) is 2.68. The van der Waals surface area contributed by atoms with Crippen molar-refractivity contribution in [2.75, 3.05) is 25.4 Å². The van der Waals surface area contributed by atoms with Crippen LogP contribution in [-0.4, -0.2) is 49.8 Å². The zero-order valence-electron chi connectivity index (χ0n) is 11.8. The quantitative estimate of drug-likeness (QED) is 0.854. The molecule has 1 aliphatic rings. The van der Waals surface area contributed by atoms with E-state index in [0.717, 1.165) is 25.9 Å². The lowest BCUT2D eigenvalue weighted by atomic mass is 10.1. The standard InChI is InChI=1S/C14H18BrNO4S/c1-10-12(15)8-11(14(17)18)9-13(10)21(19,20)7-6-16-4-2-3-5-16/h8-9H,2-7H2,1H3,(H,17,18). The van der Waals surface area contributed by atoms with Crippen LogP contribution in [0.5, 0.6) is 0 Å². The molecule has 21 heavy (non-hydrogen) atoms. The molecule has 1 aliphatic heterocycles. The third-order valence-electron chi connectivity index (χ3n) is 3.75. The molecule has 0 atom stereocenters. The summed E-state index contributed by atoms with van der Waals surface area (Å²) >= 11 is 3.24. The Hall–Kier alpha value is -0.920. The summed E-state index contributed by atoms with van der Waals surface area (Å²) in [4.78, 5) is 13.3. The van der Waals surface area contributed by atoms with Crippen molar-refractivity contribution in [3.63, 3.8) is 0 Å². The lowest BCUT2D eigenvalue weighted by molar-refractivity contribution is 0.0696. The first-order valence-corrected chi connectivity index (χ1v) is 9.24. The van der Waals surface area contributed by atoms with Crippen LogP contribution in [0.3, 0.4) is 0 Å². The second kappa shape index (κ2) is 6.46. The topological polar surface area (TPSA) is 74.7 Å². The van der Waals surface area contributed by atoms with E-state index in [0.29, 0.717) is 16.6 Å². The number of hydrogen-bond donors (Lipinski definition) is 1. The number of halogens is 1. The van der Waals surface area contributed by atoms with Gasteiger partial charge in [0.15, 0.2) is 9.84 Å². The highest BCUT2D eigenvalue weighted by Gasteiger charge is 2.23. The summed E-state index contributed by atoms with van der Waals surface area (Å²) in [5.74, 6) is -1.12. The predicted octanol–water partition coefficient (Wildman–Crippen LogP) is 2.33. The molecular formula is C14H18BrNO4S. The van der Waals surface area contributed by atoms with Crippen molar-refractivity contribution < 1.29 is 18.3 Å². The molecule has 1 fully saturated rings. The number of sulfone groups is 1. The molecule has 0 bridgehead atoms. The highest BCUT2D eigenvalue weighted by Crippen LogP contribution is 2.27. The van der Waals surface area contributed by atoms with E-state index in [2.05, 4.69) is 20.8 Å². The molecule has 0 spiro atoms. The van der Waals surface area contributed by atoms with Crippen LogP contribution >= 0.6 is 15.9 Å². The molecular weight excluding hydrogens is 358 g/mol.